The van der Waals surface area contributed by atoms with Crippen LogP contribution in [0.4, 0.5) is 29.1 Å². The molecule has 2 atom stereocenters. The molecule has 0 bridgehead atoms. The van der Waals surface area contributed by atoms with Gasteiger partial charge in [0.15, 0.2) is 11.7 Å². The summed E-state index contributed by atoms with van der Waals surface area (Å²) in [6, 6.07) is 7.85. The highest BCUT2D eigenvalue weighted by molar-refractivity contribution is 6.36. The SMILES string of the molecule is O=C(Nc1cccc(O)c1)c1nn2c(c1Cl)N[C@H](c1ccc(F)cc1)C[C@H]2C(F)(F)F. The maximum Gasteiger partial charge on any atom is 0.410 e. The standard InChI is InChI=1S/C20H15ClF4N4O2/c21-16-17(19(31)26-12-2-1-3-13(30)8-12)28-29-15(20(23,24)25)9-14(27-18(16)29)10-4-6-11(22)7-5-10/h1-8,14-15,27,30H,9H2,(H,26,31)/t14-,15-/m0/s1. The van der Waals surface area contributed by atoms with E-state index in [1.807, 2.05) is 0 Å². The zero-order valence-corrected chi connectivity index (χ0v) is 16.4. The molecule has 3 aromatic rings. The van der Waals surface area contributed by atoms with E-state index in [9.17, 15) is 27.5 Å². The fourth-order valence-electron chi connectivity index (χ4n) is 3.42. The van der Waals surface area contributed by atoms with Crippen LogP contribution in [0.2, 0.25) is 5.02 Å². The van der Waals surface area contributed by atoms with E-state index in [2.05, 4.69) is 15.7 Å². The first-order chi connectivity index (χ1) is 14.6. The molecular weight excluding hydrogens is 440 g/mol. The normalized spacial score (nSPS) is 18.2. The van der Waals surface area contributed by atoms with Crippen molar-refractivity contribution < 1.29 is 27.5 Å². The van der Waals surface area contributed by atoms with Crippen LogP contribution in [0, 0.1) is 5.82 Å². The van der Waals surface area contributed by atoms with Crippen molar-refractivity contribution in [2.45, 2.75) is 24.7 Å². The molecule has 0 saturated heterocycles. The Balaban J connectivity index is 1.70. The van der Waals surface area contributed by atoms with Crippen molar-refractivity contribution >= 4 is 29.0 Å². The lowest BCUT2D eigenvalue weighted by Gasteiger charge is -2.33. The van der Waals surface area contributed by atoms with Gasteiger partial charge in [0.1, 0.15) is 22.4 Å². The maximum absolute atomic E-state index is 13.8. The summed E-state index contributed by atoms with van der Waals surface area (Å²) in [6.45, 7) is 0. The monoisotopic (exact) mass is 454 g/mol. The van der Waals surface area contributed by atoms with E-state index in [1.165, 1.54) is 36.4 Å². The molecule has 0 radical (unpaired) electrons. The number of fused-ring (bicyclic) bond motifs is 1. The van der Waals surface area contributed by atoms with Gasteiger partial charge >= 0.3 is 6.18 Å². The van der Waals surface area contributed by atoms with Gasteiger partial charge in [-0.1, -0.05) is 29.8 Å². The Morgan fingerprint density at radius 2 is 1.94 bits per heavy atom. The number of nitrogens with zero attached hydrogens (tertiary/aromatic N) is 2. The van der Waals surface area contributed by atoms with E-state index < -0.39 is 42.1 Å². The molecule has 0 unspecified atom stereocenters. The fraction of sp³-hybridized carbons (Fsp3) is 0.200. The summed E-state index contributed by atoms with van der Waals surface area (Å²) in [5.41, 5.74) is 0.253. The molecule has 4 rings (SSSR count). The van der Waals surface area contributed by atoms with Crippen molar-refractivity contribution in [2.75, 3.05) is 10.6 Å². The molecule has 1 aromatic heterocycles. The van der Waals surface area contributed by atoms with Crippen LogP contribution in [-0.2, 0) is 0 Å². The summed E-state index contributed by atoms with van der Waals surface area (Å²) < 4.78 is 55.2. The van der Waals surface area contributed by atoms with Gasteiger partial charge in [0.25, 0.3) is 5.91 Å². The maximum atomic E-state index is 13.8. The third kappa shape index (κ3) is 4.15. The van der Waals surface area contributed by atoms with Crippen LogP contribution >= 0.6 is 11.6 Å². The van der Waals surface area contributed by atoms with Crippen molar-refractivity contribution in [1.82, 2.24) is 9.78 Å². The summed E-state index contributed by atoms with van der Waals surface area (Å²) in [7, 11) is 0. The van der Waals surface area contributed by atoms with Crippen LogP contribution in [0.5, 0.6) is 5.75 Å². The van der Waals surface area contributed by atoms with Crippen LogP contribution in [0.3, 0.4) is 0 Å². The first-order valence-corrected chi connectivity index (χ1v) is 9.48. The van der Waals surface area contributed by atoms with Crippen LogP contribution in [0.15, 0.2) is 48.5 Å². The van der Waals surface area contributed by atoms with Gasteiger partial charge in [0.2, 0.25) is 0 Å². The lowest BCUT2D eigenvalue weighted by atomic mass is 9.97. The highest BCUT2D eigenvalue weighted by Gasteiger charge is 2.47. The van der Waals surface area contributed by atoms with Crippen molar-refractivity contribution in [3.05, 3.63) is 70.6 Å². The van der Waals surface area contributed by atoms with E-state index in [0.29, 0.717) is 10.2 Å². The van der Waals surface area contributed by atoms with Crippen LogP contribution in [0.1, 0.15) is 34.6 Å². The molecule has 1 amide bonds. The van der Waals surface area contributed by atoms with Gasteiger partial charge in [-0.3, -0.25) is 4.79 Å². The molecular formula is C20H15ClF4N4O2. The smallest absolute Gasteiger partial charge is 0.410 e. The molecule has 0 spiro atoms. The van der Waals surface area contributed by atoms with E-state index in [4.69, 9.17) is 11.6 Å². The quantitative estimate of drug-likeness (QED) is 0.470. The highest BCUT2D eigenvalue weighted by Crippen LogP contribution is 2.46. The van der Waals surface area contributed by atoms with Crippen LogP contribution in [0.25, 0.3) is 0 Å². The molecule has 162 valence electrons. The van der Waals surface area contributed by atoms with Gasteiger partial charge in [-0.15, -0.1) is 0 Å². The molecule has 0 aliphatic carbocycles. The van der Waals surface area contributed by atoms with Crippen LogP contribution < -0.4 is 10.6 Å². The molecule has 1 aliphatic heterocycles. The molecule has 0 saturated carbocycles. The molecule has 2 heterocycles. The Morgan fingerprint density at radius 3 is 2.58 bits per heavy atom. The number of rotatable bonds is 3. The number of carbonyl (C=O) groups is 1. The Bertz CT molecular complexity index is 1130. The Kier molecular flexibility index (Phi) is 5.26. The first-order valence-electron chi connectivity index (χ1n) is 9.10. The first kappa shape index (κ1) is 21.0. The third-order valence-electron chi connectivity index (χ3n) is 4.89. The molecule has 11 heteroatoms. The van der Waals surface area contributed by atoms with E-state index >= 15 is 0 Å². The fourth-order valence-corrected chi connectivity index (χ4v) is 3.69. The Morgan fingerprint density at radius 1 is 1.23 bits per heavy atom. The zero-order valence-electron chi connectivity index (χ0n) is 15.6. The Hall–Kier alpha value is -3.27. The zero-order chi connectivity index (χ0) is 22.3. The average Bonchev–Trinajstić information content (AvgIpc) is 3.04. The minimum Gasteiger partial charge on any atom is -0.508 e. The number of hydrogen-bond donors (Lipinski definition) is 3. The van der Waals surface area contributed by atoms with Crippen molar-refractivity contribution in [3.8, 4) is 5.75 Å². The van der Waals surface area contributed by atoms with Crippen molar-refractivity contribution in [2.24, 2.45) is 0 Å². The number of phenols is 1. The summed E-state index contributed by atoms with van der Waals surface area (Å²) >= 11 is 6.24. The number of amides is 1. The third-order valence-corrected chi connectivity index (χ3v) is 5.25. The summed E-state index contributed by atoms with van der Waals surface area (Å²) in [4.78, 5) is 12.6. The molecule has 1 aliphatic rings. The predicted octanol–water partition coefficient (Wildman–Crippen LogP) is 5.29. The predicted molar refractivity (Wildman–Crippen MR) is 106 cm³/mol. The van der Waals surface area contributed by atoms with E-state index in [-0.39, 0.29) is 22.3 Å². The van der Waals surface area contributed by atoms with Crippen LogP contribution in [-0.4, -0.2) is 27.0 Å². The molecule has 0 fully saturated rings. The number of benzene rings is 2. The molecule has 3 N–H and O–H groups in total. The van der Waals surface area contributed by atoms with Gasteiger partial charge in [0, 0.05) is 18.2 Å². The van der Waals surface area contributed by atoms with Crippen molar-refractivity contribution in [3.63, 3.8) is 0 Å². The van der Waals surface area contributed by atoms with Gasteiger partial charge in [0.05, 0.1) is 6.04 Å². The number of hydrogen-bond acceptors (Lipinski definition) is 4. The number of aromatic hydroxyl groups is 1. The van der Waals surface area contributed by atoms with Gasteiger partial charge < -0.3 is 15.7 Å². The summed E-state index contributed by atoms with van der Waals surface area (Å²) in [6.07, 6.45) is -5.09. The lowest BCUT2D eigenvalue weighted by molar-refractivity contribution is -0.173. The lowest BCUT2D eigenvalue weighted by Crippen LogP contribution is -2.35. The summed E-state index contributed by atoms with van der Waals surface area (Å²) in [5.74, 6) is -1.61. The van der Waals surface area contributed by atoms with Crippen molar-refractivity contribution in [1.29, 1.82) is 0 Å². The molecule has 6 nitrogen and oxygen atoms in total. The number of nitrogens with one attached hydrogen (secondary N) is 2. The second-order valence-corrected chi connectivity index (χ2v) is 7.38. The summed E-state index contributed by atoms with van der Waals surface area (Å²) in [5, 5.41) is 18.4. The van der Waals surface area contributed by atoms with E-state index in [1.54, 1.807) is 0 Å². The molecule has 2 aromatic carbocycles. The van der Waals surface area contributed by atoms with Gasteiger partial charge in [-0.25, -0.2) is 9.07 Å². The second kappa shape index (κ2) is 7.77. The average molecular weight is 455 g/mol. The minimum absolute atomic E-state index is 0.103. The number of carbonyl (C=O) groups excluding carboxylic acids is 1. The van der Waals surface area contributed by atoms with Gasteiger partial charge in [-0.2, -0.15) is 18.3 Å². The Labute approximate surface area is 178 Å². The largest absolute Gasteiger partial charge is 0.508 e. The number of halogens is 5. The van der Waals surface area contributed by atoms with E-state index in [0.717, 1.165) is 12.1 Å². The minimum atomic E-state index is -4.66. The number of phenolic OH excluding ortho intramolecular Hbond substituents is 1. The second-order valence-electron chi connectivity index (χ2n) is 7.00. The van der Waals surface area contributed by atoms with Gasteiger partial charge in [-0.05, 0) is 29.8 Å². The highest BCUT2D eigenvalue weighted by atomic mass is 35.5. The number of aromatic nitrogens is 2. The number of alkyl halides is 3. The number of anilines is 2. The molecule has 31 heavy (non-hydrogen) atoms. The topological polar surface area (TPSA) is 79.2 Å².